The van der Waals surface area contributed by atoms with Crippen LogP contribution >= 0.6 is 0 Å². The summed E-state index contributed by atoms with van der Waals surface area (Å²) in [5.74, 6) is 1.80. The second-order valence-electron chi connectivity index (χ2n) is 4.95. The number of benzene rings is 2. The van der Waals surface area contributed by atoms with Gasteiger partial charge in [0.1, 0.15) is 5.75 Å². The molecule has 2 aromatic carbocycles. The van der Waals surface area contributed by atoms with Crippen molar-refractivity contribution in [3.8, 4) is 23.0 Å². The second kappa shape index (κ2) is 7.55. The van der Waals surface area contributed by atoms with Gasteiger partial charge in [0, 0.05) is 11.1 Å². The Labute approximate surface area is 141 Å². The zero-order valence-electron chi connectivity index (χ0n) is 14.2. The fourth-order valence-corrected chi connectivity index (χ4v) is 2.32. The summed E-state index contributed by atoms with van der Waals surface area (Å²) in [7, 11) is 6.12. The third-order valence-electron chi connectivity index (χ3n) is 3.62. The maximum absolute atomic E-state index is 12.7. The van der Waals surface area contributed by atoms with Crippen molar-refractivity contribution in [2.45, 2.75) is 0 Å². The fourth-order valence-electron chi connectivity index (χ4n) is 2.32. The van der Waals surface area contributed by atoms with Crippen molar-refractivity contribution in [1.29, 1.82) is 0 Å². The predicted molar refractivity (Wildman–Crippen MR) is 92.5 cm³/mol. The third kappa shape index (κ3) is 3.35. The Hall–Kier alpha value is -2.95. The maximum Gasteiger partial charge on any atom is 0.203 e. The van der Waals surface area contributed by atoms with E-state index in [0.717, 1.165) is 0 Å². The average Bonchev–Trinajstić information content (AvgIpc) is 2.65. The molecule has 0 aliphatic heterocycles. The summed E-state index contributed by atoms with van der Waals surface area (Å²) in [5.41, 5.74) is 1.41. The van der Waals surface area contributed by atoms with Crippen molar-refractivity contribution in [2.24, 2.45) is 0 Å². The highest BCUT2D eigenvalue weighted by atomic mass is 16.5. The average molecular weight is 328 g/mol. The molecule has 2 aromatic rings. The van der Waals surface area contributed by atoms with Gasteiger partial charge in [0.2, 0.25) is 5.75 Å². The molecule has 0 saturated carbocycles. The lowest BCUT2D eigenvalue weighted by Gasteiger charge is -2.15. The quantitative estimate of drug-likeness (QED) is 0.574. The molecular weight excluding hydrogens is 308 g/mol. The molecule has 0 heterocycles. The van der Waals surface area contributed by atoms with Crippen LogP contribution < -0.4 is 18.9 Å². The Kier molecular flexibility index (Phi) is 5.47. The largest absolute Gasteiger partial charge is 0.497 e. The first-order valence-electron chi connectivity index (χ1n) is 7.23. The molecule has 0 fully saturated rings. The molecule has 0 aliphatic carbocycles. The van der Waals surface area contributed by atoms with Gasteiger partial charge >= 0.3 is 0 Å². The van der Waals surface area contributed by atoms with Crippen LogP contribution in [0.2, 0.25) is 0 Å². The van der Waals surface area contributed by atoms with Crippen molar-refractivity contribution in [2.75, 3.05) is 28.4 Å². The number of ether oxygens (including phenoxy) is 4. The first-order valence-corrected chi connectivity index (χ1v) is 7.23. The Bertz CT molecular complexity index is 739. The first kappa shape index (κ1) is 17.4. The van der Waals surface area contributed by atoms with E-state index in [2.05, 4.69) is 6.58 Å². The van der Waals surface area contributed by atoms with Crippen molar-refractivity contribution >= 4 is 11.4 Å². The van der Waals surface area contributed by atoms with E-state index in [1.54, 1.807) is 43.5 Å². The van der Waals surface area contributed by atoms with Gasteiger partial charge < -0.3 is 18.9 Å². The van der Waals surface area contributed by atoms with E-state index >= 15 is 0 Å². The summed E-state index contributed by atoms with van der Waals surface area (Å²) in [6.07, 6.45) is 0. The first-order chi connectivity index (χ1) is 11.5. The number of hydrogen-bond donors (Lipinski definition) is 0. The highest BCUT2D eigenvalue weighted by Gasteiger charge is 2.18. The molecule has 5 heteroatoms. The minimum atomic E-state index is -0.205. The molecular formula is C19H20O5. The Morgan fingerprint density at radius 2 is 1.46 bits per heavy atom. The zero-order valence-corrected chi connectivity index (χ0v) is 14.2. The summed E-state index contributed by atoms with van der Waals surface area (Å²) in [4.78, 5) is 12.7. The van der Waals surface area contributed by atoms with Gasteiger partial charge in [-0.3, -0.25) is 4.79 Å². The van der Waals surface area contributed by atoms with E-state index in [4.69, 9.17) is 18.9 Å². The lowest BCUT2D eigenvalue weighted by Crippen LogP contribution is -2.04. The van der Waals surface area contributed by atoms with Gasteiger partial charge in [-0.2, -0.15) is 0 Å². The Morgan fingerprint density at radius 1 is 0.833 bits per heavy atom. The number of methoxy groups -OCH3 is 4. The molecule has 0 aliphatic rings. The molecule has 0 bridgehead atoms. The topological polar surface area (TPSA) is 54.0 Å². The Morgan fingerprint density at radius 3 is 1.96 bits per heavy atom. The number of rotatable bonds is 7. The molecule has 5 nitrogen and oxygen atoms in total. The number of carbonyl (C=O) groups is 1. The molecule has 0 atom stereocenters. The SMILES string of the molecule is C=C(C(=O)c1cccc(OC)c1)c1cc(OC)c(OC)c(OC)c1. The van der Waals surface area contributed by atoms with Gasteiger partial charge in [0.15, 0.2) is 17.3 Å². The summed E-state index contributed by atoms with van der Waals surface area (Å²) in [5, 5.41) is 0. The normalized spacial score (nSPS) is 10.0. The van der Waals surface area contributed by atoms with Crippen molar-refractivity contribution in [3.05, 3.63) is 54.1 Å². The number of ketones is 1. The molecule has 0 N–H and O–H groups in total. The van der Waals surface area contributed by atoms with E-state index in [0.29, 0.717) is 39.7 Å². The van der Waals surface area contributed by atoms with Crippen LogP contribution in [0, 0.1) is 0 Å². The standard InChI is InChI=1S/C19H20O5/c1-12(18(20)13-7-6-8-15(9-13)21-2)14-10-16(22-3)19(24-5)17(11-14)23-4/h6-11H,1H2,2-5H3. The van der Waals surface area contributed by atoms with E-state index in [1.165, 1.54) is 21.3 Å². The number of allylic oxidation sites excluding steroid dienone is 1. The van der Waals surface area contributed by atoms with Gasteiger partial charge in [-0.25, -0.2) is 0 Å². The fraction of sp³-hybridized carbons (Fsp3) is 0.211. The monoisotopic (exact) mass is 328 g/mol. The van der Waals surface area contributed by atoms with Gasteiger partial charge in [-0.05, 0) is 29.8 Å². The number of carbonyl (C=O) groups excluding carboxylic acids is 1. The van der Waals surface area contributed by atoms with Gasteiger partial charge in [0.05, 0.1) is 28.4 Å². The van der Waals surface area contributed by atoms with Crippen LogP contribution in [-0.4, -0.2) is 34.2 Å². The van der Waals surface area contributed by atoms with Crippen LogP contribution in [0.4, 0.5) is 0 Å². The maximum atomic E-state index is 12.7. The molecule has 0 spiro atoms. The van der Waals surface area contributed by atoms with Crippen LogP contribution in [0.3, 0.4) is 0 Å². The van der Waals surface area contributed by atoms with Crippen LogP contribution in [0.5, 0.6) is 23.0 Å². The highest BCUT2D eigenvalue weighted by molar-refractivity contribution is 6.28. The number of hydrogen-bond acceptors (Lipinski definition) is 5. The molecule has 126 valence electrons. The molecule has 0 unspecified atom stereocenters. The van der Waals surface area contributed by atoms with Gasteiger partial charge in [-0.15, -0.1) is 0 Å². The second-order valence-corrected chi connectivity index (χ2v) is 4.95. The minimum absolute atomic E-state index is 0.205. The molecule has 24 heavy (non-hydrogen) atoms. The van der Waals surface area contributed by atoms with Gasteiger partial charge in [-0.1, -0.05) is 18.7 Å². The van der Waals surface area contributed by atoms with Crippen LogP contribution in [0.1, 0.15) is 15.9 Å². The third-order valence-corrected chi connectivity index (χ3v) is 3.62. The lowest BCUT2D eigenvalue weighted by molar-refractivity contribution is 0.105. The van der Waals surface area contributed by atoms with Gasteiger partial charge in [0.25, 0.3) is 0 Å². The molecule has 0 radical (unpaired) electrons. The van der Waals surface area contributed by atoms with E-state index < -0.39 is 0 Å². The van der Waals surface area contributed by atoms with E-state index in [9.17, 15) is 4.79 Å². The molecule has 0 aromatic heterocycles. The summed E-state index contributed by atoms with van der Waals surface area (Å²) in [6.45, 7) is 3.92. The van der Waals surface area contributed by atoms with Crippen molar-refractivity contribution in [1.82, 2.24) is 0 Å². The molecule has 2 rings (SSSR count). The highest BCUT2D eigenvalue weighted by Crippen LogP contribution is 2.40. The van der Waals surface area contributed by atoms with Crippen LogP contribution in [0.25, 0.3) is 5.57 Å². The lowest BCUT2D eigenvalue weighted by atomic mass is 9.97. The van der Waals surface area contributed by atoms with E-state index in [-0.39, 0.29) is 5.78 Å². The zero-order chi connectivity index (χ0) is 17.7. The van der Waals surface area contributed by atoms with Crippen molar-refractivity contribution in [3.63, 3.8) is 0 Å². The summed E-state index contributed by atoms with van der Waals surface area (Å²) >= 11 is 0. The Balaban J connectivity index is 2.43. The summed E-state index contributed by atoms with van der Waals surface area (Å²) in [6, 6.07) is 10.3. The van der Waals surface area contributed by atoms with Crippen LogP contribution in [0.15, 0.2) is 43.0 Å². The van der Waals surface area contributed by atoms with Crippen molar-refractivity contribution < 1.29 is 23.7 Å². The molecule has 0 amide bonds. The van der Waals surface area contributed by atoms with E-state index in [1.807, 2.05) is 0 Å². The molecule has 0 saturated heterocycles. The number of Topliss-reactive ketones (excluding diaryl/α,β-unsaturated/α-hetero) is 1. The predicted octanol–water partition coefficient (Wildman–Crippen LogP) is 3.62. The minimum Gasteiger partial charge on any atom is -0.497 e. The smallest absolute Gasteiger partial charge is 0.203 e. The summed E-state index contributed by atoms with van der Waals surface area (Å²) < 4.78 is 21.1. The van der Waals surface area contributed by atoms with Crippen LogP contribution in [-0.2, 0) is 0 Å².